The zero-order valence-electron chi connectivity index (χ0n) is 13.6. The molecule has 2 aromatic carbocycles. The third-order valence-electron chi connectivity index (χ3n) is 3.50. The summed E-state index contributed by atoms with van der Waals surface area (Å²) in [6.07, 6.45) is -4.73. The molecule has 6 nitrogen and oxygen atoms in total. The molecule has 0 aliphatic carbocycles. The number of nitrogens with one attached hydrogen (secondary N) is 1. The van der Waals surface area contributed by atoms with Crippen LogP contribution in [-0.2, 0) is 11.2 Å². The van der Waals surface area contributed by atoms with Gasteiger partial charge in [-0.15, -0.1) is 13.2 Å². The average Bonchev–Trinajstić information content (AvgIpc) is 2.54. The van der Waals surface area contributed by atoms with Gasteiger partial charge in [0.05, 0.1) is 17.4 Å². The van der Waals surface area contributed by atoms with Crippen LogP contribution in [-0.4, -0.2) is 17.2 Å². The van der Waals surface area contributed by atoms with Crippen molar-refractivity contribution in [2.45, 2.75) is 25.7 Å². The van der Waals surface area contributed by atoms with Crippen molar-refractivity contribution in [1.82, 2.24) is 5.32 Å². The SMILES string of the molecule is C[C@@H](NC(=O)Cc1ccc([N+](=O)[O-])cc1)c1ccc(OC(F)(F)F)cc1. The molecule has 0 fully saturated rings. The van der Waals surface area contributed by atoms with Gasteiger partial charge in [0, 0.05) is 12.1 Å². The molecule has 0 saturated carbocycles. The lowest BCUT2D eigenvalue weighted by Crippen LogP contribution is -2.28. The summed E-state index contributed by atoms with van der Waals surface area (Å²) in [6, 6.07) is 10.4. The number of rotatable bonds is 6. The molecule has 0 bridgehead atoms. The van der Waals surface area contributed by atoms with E-state index in [1.165, 1.54) is 48.5 Å². The number of alkyl halides is 3. The first-order valence-corrected chi connectivity index (χ1v) is 7.52. The van der Waals surface area contributed by atoms with E-state index >= 15 is 0 Å². The predicted octanol–water partition coefficient (Wildman–Crippen LogP) is 3.91. The van der Waals surface area contributed by atoms with E-state index in [4.69, 9.17) is 0 Å². The highest BCUT2D eigenvalue weighted by atomic mass is 19.4. The van der Waals surface area contributed by atoms with Gasteiger partial charge >= 0.3 is 6.36 Å². The molecule has 0 radical (unpaired) electrons. The number of nitrogens with zero attached hydrogens (tertiary/aromatic N) is 1. The number of hydrogen-bond acceptors (Lipinski definition) is 4. The summed E-state index contributed by atoms with van der Waals surface area (Å²) < 4.78 is 40.2. The summed E-state index contributed by atoms with van der Waals surface area (Å²) in [6.45, 7) is 1.69. The Morgan fingerprint density at radius 1 is 1.15 bits per heavy atom. The lowest BCUT2D eigenvalue weighted by Gasteiger charge is -2.15. The van der Waals surface area contributed by atoms with Gasteiger partial charge in [-0.05, 0) is 30.2 Å². The van der Waals surface area contributed by atoms with E-state index in [1.54, 1.807) is 6.92 Å². The number of halogens is 3. The van der Waals surface area contributed by atoms with Crippen LogP contribution in [0.2, 0.25) is 0 Å². The van der Waals surface area contributed by atoms with Gasteiger partial charge in [0.1, 0.15) is 5.75 Å². The molecule has 138 valence electrons. The number of nitro benzene ring substituents is 1. The minimum absolute atomic E-state index is 0.0254. The largest absolute Gasteiger partial charge is 0.573 e. The third kappa shape index (κ3) is 5.76. The second-order valence-electron chi connectivity index (χ2n) is 5.51. The van der Waals surface area contributed by atoms with Crippen LogP contribution < -0.4 is 10.1 Å². The number of carbonyl (C=O) groups excluding carboxylic acids is 1. The van der Waals surface area contributed by atoms with Gasteiger partial charge in [0.15, 0.2) is 0 Å². The highest BCUT2D eigenvalue weighted by Crippen LogP contribution is 2.24. The van der Waals surface area contributed by atoms with Crippen LogP contribution in [0.3, 0.4) is 0 Å². The molecule has 0 aliphatic rings. The zero-order valence-corrected chi connectivity index (χ0v) is 13.6. The van der Waals surface area contributed by atoms with Crippen LogP contribution in [0.4, 0.5) is 18.9 Å². The van der Waals surface area contributed by atoms with Crippen molar-refractivity contribution < 1.29 is 27.6 Å². The van der Waals surface area contributed by atoms with Crippen LogP contribution >= 0.6 is 0 Å². The Kier molecular flexibility index (Phi) is 5.81. The van der Waals surface area contributed by atoms with Crippen molar-refractivity contribution in [3.05, 3.63) is 69.8 Å². The molecule has 0 heterocycles. The standard InChI is InChI=1S/C17H15F3N2O4/c1-11(13-4-8-15(9-5-13)26-17(18,19)20)21-16(23)10-12-2-6-14(7-3-12)22(24)25/h2-9,11H,10H2,1H3,(H,21,23)/t11-/m1/s1. The molecule has 0 aliphatic heterocycles. The van der Waals surface area contributed by atoms with E-state index in [0.29, 0.717) is 11.1 Å². The number of non-ortho nitro benzene ring substituents is 1. The quantitative estimate of drug-likeness (QED) is 0.619. The number of carbonyl (C=O) groups is 1. The fourth-order valence-electron chi connectivity index (χ4n) is 2.25. The minimum Gasteiger partial charge on any atom is -0.406 e. The molecule has 0 unspecified atom stereocenters. The number of amides is 1. The number of nitro groups is 1. The average molecular weight is 368 g/mol. The van der Waals surface area contributed by atoms with E-state index in [2.05, 4.69) is 10.1 Å². The Labute approximate surface area is 146 Å². The van der Waals surface area contributed by atoms with Gasteiger partial charge in [-0.2, -0.15) is 0 Å². The van der Waals surface area contributed by atoms with Crippen molar-refractivity contribution in [3.63, 3.8) is 0 Å². The topological polar surface area (TPSA) is 81.5 Å². The maximum Gasteiger partial charge on any atom is 0.573 e. The second kappa shape index (κ2) is 7.85. The van der Waals surface area contributed by atoms with Crippen LogP contribution in [0.15, 0.2) is 48.5 Å². The van der Waals surface area contributed by atoms with Gasteiger partial charge in [-0.25, -0.2) is 0 Å². The summed E-state index contributed by atoms with van der Waals surface area (Å²) in [5, 5.41) is 13.3. The van der Waals surface area contributed by atoms with Crippen molar-refractivity contribution in [2.24, 2.45) is 0 Å². The maximum absolute atomic E-state index is 12.1. The lowest BCUT2D eigenvalue weighted by molar-refractivity contribution is -0.384. The summed E-state index contributed by atoms with van der Waals surface area (Å²) in [7, 11) is 0. The van der Waals surface area contributed by atoms with Gasteiger partial charge < -0.3 is 10.1 Å². The maximum atomic E-state index is 12.1. The third-order valence-corrected chi connectivity index (χ3v) is 3.50. The van der Waals surface area contributed by atoms with E-state index in [9.17, 15) is 28.1 Å². The molecular weight excluding hydrogens is 353 g/mol. The fourth-order valence-corrected chi connectivity index (χ4v) is 2.25. The predicted molar refractivity (Wildman–Crippen MR) is 86.5 cm³/mol. The number of hydrogen-bond donors (Lipinski definition) is 1. The Hall–Kier alpha value is -3.10. The first-order valence-electron chi connectivity index (χ1n) is 7.52. The van der Waals surface area contributed by atoms with Crippen LogP contribution in [0.25, 0.3) is 0 Å². The van der Waals surface area contributed by atoms with E-state index < -0.39 is 17.3 Å². The Morgan fingerprint density at radius 2 is 1.73 bits per heavy atom. The Balaban J connectivity index is 1.92. The number of benzene rings is 2. The van der Waals surface area contributed by atoms with Crippen LogP contribution in [0.1, 0.15) is 24.1 Å². The van der Waals surface area contributed by atoms with Gasteiger partial charge in [0.25, 0.3) is 5.69 Å². The second-order valence-corrected chi connectivity index (χ2v) is 5.51. The fraction of sp³-hybridized carbons (Fsp3) is 0.235. The summed E-state index contributed by atoms with van der Waals surface area (Å²) >= 11 is 0. The smallest absolute Gasteiger partial charge is 0.406 e. The summed E-state index contributed by atoms with van der Waals surface area (Å²) in [5.41, 5.74) is 1.15. The van der Waals surface area contributed by atoms with Crippen LogP contribution in [0, 0.1) is 10.1 Å². The van der Waals surface area contributed by atoms with Crippen molar-refractivity contribution in [3.8, 4) is 5.75 Å². The molecule has 9 heteroatoms. The lowest BCUT2D eigenvalue weighted by atomic mass is 10.1. The first kappa shape index (κ1) is 19.2. The molecule has 1 atom stereocenters. The molecule has 1 N–H and O–H groups in total. The van der Waals surface area contributed by atoms with Gasteiger partial charge in [-0.1, -0.05) is 24.3 Å². The molecule has 0 aromatic heterocycles. The Morgan fingerprint density at radius 3 is 2.23 bits per heavy atom. The minimum atomic E-state index is -4.76. The molecule has 0 saturated heterocycles. The molecule has 26 heavy (non-hydrogen) atoms. The van der Waals surface area contributed by atoms with E-state index in [-0.39, 0.29) is 23.8 Å². The highest BCUT2D eigenvalue weighted by molar-refractivity contribution is 5.79. The van der Waals surface area contributed by atoms with Crippen molar-refractivity contribution in [1.29, 1.82) is 0 Å². The van der Waals surface area contributed by atoms with Crippen molar-refractivity contribution in [2.75, 3.05) is 0 Å². The Bertz CT molecular complexity index is 774. The normalized spacial score (nSPS) is 12.3. The summed E-state index contributed by atoms with van der Waals surface area (Å²) in [4.78, 5) is 22.1. The number of ether oxygens (including phenoxy) is 1. The van der Waals surface area contributed by atoms with Gasteiger partial charge in [-0.3, -0.25) is 14.9 Å². The zero-order chi connectivity index (χ0) is 19.3. The van der Waals surface area contributed by atoms with E-state index in [1.807, 2.05) is 0 Å². The molecular formula is C17H15F3N2O4. The monoisotopic (exact) mass is 368 g/mol. The van der Waals surface area contributed by atoms with Gasteiger partial charge in [0.2, 0.25) is 5.91 Å². The van der Waals surface area contributed by atoms with Crippen molar-refractivity contribution >= 4 is 11.6 Å². The summed E-state index contributed by atoms with van der Waals surface area (Å²) in [5.74, 6) is -0.660. The molecule has 2 aromatic rings. The van der Waals surface area contributed by atoms with Crippen LogP contribution in [0.5, 0.6) is 5.75 Å². The molecule has 2 rings (SSSR count). The highest BCUT2D eigenvalue weighted by Gasteiger charge is 2.31. The van der Waals surface area contributed by atoms with E-state index in [0.717, 1.165) is 0 Å². The molecule has 0 spiro atoms. The first-order chi connectivity index (χ1) is 12.1. The molecule has 1 amide bonds.